The lowest BCUT2D eigenvalue weighted by molar-refractivity contribution is 0.0741. The van der Waals surface area contributed by atoms with E-state index in [9.17, 15) is 13.6 Å². The normalized spacial score (nSPS) is 15.5. The Kier molecular flexibility index (Phi) is 3.91. The number of nitrogens with zero attached hydrogens (tertiary/aromatic N) is 3. The molecule has 1 fully saturated rings. The number of imidazole rings is 1. The van der Waals surface area contributed by atoms with Crippen molar-refractivity contribution in [1.29, 1.82) is 0 Å². The first-order chi connectivity index (χ1) is 12.1. The molecular formula is C18H16F2N4O. The van der Waals surface area contributed by atoms with Crippen LogP contribution < -0.4 is 5.32 Å². The number of hydrogen-bond acceptors (Lipinski definition) is 3. The lowest BCUT2D eigenvalue weighted by Gasteiger charge is -2.17. The van der Waals surface area contributed by atoms with Crippen molar-refractivity contribution in [3.63, 3.8) is 0 Å². The molecule has 4 rings (SSSR count). The van der Waals surface area contributed by atoms with E-state index >= 15 is 0 Å². The molecule has 128 valence electrons. The Morgan fingerprint density at radius 1 is 1.24 bits per heavy atom. The van der Waals surface area contributed by atoms with E-state index in [0.717, 1.165) is 18.7 Å². The number of carbonyl (C=O) groups is 1. The molecule has 1 atom stereocenters. The van der Waals surface area contributed by atoms with Gasteiger partial charge in [-0.15, -0.1) is 0 Å². The van der Waals surface area contributed by atoms with Gasteiger partial charge in [-0.1, -0.05) is 12.1 Å². The number of hydrogen-bond donors (Lipinski definition) is 1. The molecule has 3 aromatic rings. The van der Waals surface area contributed by atoms with Crippen molar-refractivity contribution < 1.29 is 13.6 Å². The third-order valence-electron chi connectivity index (χ3n) is 4.32. The minimum absolute atomic E-state index is 0.178. The maximum Gasteiger partial charge on any atom is 0.272 e. The summed E-state index contributed by atoms with van der Waals surface area (Å²) in [6.45, 7) is 0. The first kappa shape index (κ1) is 15.7. The Labute approximate surface area is 142 Å². The summed E-state index contributed by atoms with van der Waals surface area (Å²) in [7, 11) is 0. The number of nitrogens with one attached hydrogen (secondary N) is 1. The van der Waals surface area contributed by atoms with E-state index in [-0.39, 0.29) is 11.3 Å². The number of rotatable bonds is 5. The minimum atomic E-state index is -2.75. The van der Waals surface area contributed by atoms with E-state index in [2.05, 4.69) is 15.3 Å². The van der Waals surface area contributed by atoms with Crippen molar-refractivity contribution in [2.45, 2.75) is 31.2 Å². The Morgan fingerprint density at radius 2 is 2.08 bits per heavy atom. The zero-order chi connectivity index (χ0) is 17.4. The summed E-state index contributed by atoms with van der Waals surface area (Å²) in [5, 5.41) is 2.41. The number of amides is 1. The highest BCUT2D eigenvalue weighted by Crippen LogP contribution is 2.40. The summed E-state index contributed by atoms with van der Waals surface area (Å²) < 4.78 is 28.8. The highest BCUT2D eigenvalue weighted by Gasteiger charge is 2.32. The van der Waals surface area contributed by atoms with E-state index in [1.807, 2.05) is 16.7 Å². The Bertz CT molecular complexity index is 906. The second-order valence-corrected chi connectivity index (χ2v) is 6.12. The molecule has 1 saturated carbocycles. The molecular weight excluding hydrogens is 326 g/mol. The molecule has 0 spiro atoms. The molecule has 1 amide bonds. The fraction of sp³-hybridized carbons (Fsp3) is 0.278. The van der Waals surface area contributed by atoms with Gasteiger partial charge in [-0.05, 0) is 36.6 Å². The average molecular weight is 342 g/mol. The number of aromatic nitrogens is 3. The molecule has 3 aromatic heterocycles. The first-order valence-electron chi connectivity index (χ1n) is 8.11. The van der Waals surface area contributed by atoms with Crippen LogP contribution in [0.2, 0.25) is 0 Å². The molecule has 1 aliphatic rings. The van der Waals surface area contributed by atoms with Crippen LogP contribution in [-0.2, 0) is 0 Å². The third-order valence-corrected chi connectivity index (χ3v) is 4.32. The number of alkyl halides is 2. The number of fused-ring (bicyclic) bond motifs is 1. The van der Waals surface area contributed by atoms with Gasteiger partial charge in [0.05, 0.1) is 5.52 Å². The van der Waals surface area contributed by atoms with Crippen LogP contribution in [0, 0.1) is 0 Å². The molecule has 5 nitrogen and oxygen atoms in total. The lowest BCUT2D eigenvalue weighted by Crippen LogP contribution is -2.33. The van der Waals surface area contributed by atoms with Crippen LogP contribution in [0.1, 0.15) is 46.7 Å². The fourth-order valence-electron chi connectivity index (χ4n) is 2.92. The second-order valence-electron chi connectivity index (χ2n) is 6.12. The molecule has 1 unspecified atom stereocenters. The number of halogens is 2. The summed E-state index contributed by atoms with van der Waals surface area (Å²) in [6, 6.07) is 7.09. The van der Waals surface area contributed by atoms with Gasteiger partial charge in [-0.25, -0.2) is 13.8 Å². The summed E-state index contributed by atoms with van der Waals surface area (Å²) in [4.78, 5) is 21.0. The third kappa shape index (κ3) is 2.97. The molecule has 1 aliphatic carbocycles. The van der Waals surface area contributed by atoms with Gasteiger partial charge in [0.25, 0.3) is 12.3 Å². The first-order valence-corrected chi connectivity index (χ1v) is 8.11. The monoisotopic (exact) mass is 342 g/mol. The van der Waals surface area contributed by atoms with Gasteiger partial charge in [0.2, 0.25) is 0 Å². The predicted molar refractivity (Wildman–Crippen MR) is 87.6 cm³/mol. The summed E-state index contributed by atoms with van der Waals surface area (Å²) in [5.41, 5.74) is 1.06. The van der Waals surface area contributed by atoms with E-state index in [0.29, 0.717) is 11.4 Å². The van der Waals surface area contributed by atoms with Gasteiger partial charge < -0.3 is 9.72 Å². The molecule has 0 saturated heterocycles. The van der Waals surface area contributed by atoms with E-state index < -0.39 is 18.4 Å². The SMILES string of the molecule is O=C(NC(c1cccnc1)C(F)F)c1nc(C2CC2)n2ccccc12. The molecule has 1 N–H and O–H groups in total. The van der Waals surface area contributed by atoms with Crippen molar-refractivity contribution >= 4 is 11.4 Å². The van der Waals surface area contributed by atoms with E-state index in [1.54, 1.807) is 18.2 Å². The standard InChI is InChI=1S/C18H16F2N4O/c19-16(20)14(12-4-3-8-21-10-12)23-18(25)15-13-5-1-2-9-24(13)17(22-15)11-6-7-11/h1-5,8-11,14,16H,6-7H2,(H,23,25). The van der Waals surface area contributed by atoms with Crippen LogP contribution in [0.4, 0.5) is 8.78 Å². The summed E-state index contributed by atoms with van der Waals surface area (Å²) in [6.07, 6.45) is 3.99. The van der Waals surface area contributed by atoms with E-state index in [4.69, 9.17) is 0 Å². The molecule has 25 heavy (non-hydrogen) atoms. The molecule has 0 bridgehead atoms. The van der Waals surface area contributed by atoms with Gasteiger partial charge >= 0.3 is 0 Å². The topological polar surface area (TPSA) is 59.3 Å². The smallest absolute Gasteiger partial charge is 0.272 e. The zero-order valence-corrected chi connectivity index (χ0v) is 13.3. The zero-order valence-electron chi connectivity index (χ0n) is 13.3. The Balaban J connectivity index is 1.68. The van der Waals surface area contributed by atoms with Crippen LogP contribution in [0.25, 0.3) is 5.52 Å². The van der Waals surface area contributed by atoms with E-state index in [1.165, 1.54) is 18.5 Å². The Hall–Kier alpha value is -2.83. The van der Waals surface area contributed by atoms with Crippen molar-refractivity contribution in [1.82, 2.24) is 19.7 Å². The van der Waals surface area contributed by atoms with Gasteiger partial charge in [0.15, 0.2) is 5.69 Å². The molecule has 3 heterocycles. The van der Waals surface area contributed by atoms with Crippen molar-refractivity contribution in [3.05, 3.63) is 66.0 Å². The van der Waals surface area contributed by atoms with Crippen molar-refractivity contribution in [3.8, 4) is 0 Å². The molecule has 0 aromatic carbocycles. The molecule has 0 aliphatic heterocycles. The largest absolute Gasteiger partial charge is 0.338 e. The molecule has 0 radical (unpaired) electrons. The van der Waals surface area contributed by atoms with Crippen LogP contribution in [0.3, 0.4) is 0 Å². The fourth-order valence-corrected chi connectivity index (χ4v) is 2.92. The van der Waals surface area contributed by atoms with Gasteiger partial charge in [-0.2, -0.15) is 0 Å². The molecule has 7 heteroatoms. The Morgan fingerprint density at radius 3 is 2.76 bits per heavy atom. The van der Waals surface area contributed by atoms with Crippen LogP contribution in [0.15, 0.2) is 48.9 Å². The highest BCUT2D eigenvalue weighted by atomic mass is 19.3. The maximum atomic E-state index is 13.5. The van der Waals surface area contributed by atoms with Crippen molar-refractivity contribution in [2.24, 2.45) is 0 Å². The van der Waals surface area contributed by atoms with Crippen LogP contribution in [0.5, 0.6) is 0 Å². The quantitative estimate of drug-likeness (QED) is 0.774. The second kappa shape index (κ2) is 6.23. The number of carbonyl (C=O) groups excluding carboxylic acids is 1. The van der Waals surface area contributed by atoms with Crippen LogP contribution in [-0.4, -0.2) is 26.7 Å². The lowest BCUT2D eigenvalue weighted by atomic mass is 10.1. The van der Waals surface area contributed by atoms with Gasteiger partial charge in [0, 0.05) is 24.5 Å². The maximum absolute atomic E-state index is 13.5. The van der Waals surface area contributed by atoms with Crippen LogP contribution >= 0.6 is 0 Å². The number of pyridine rings is 2. The minimum Gasteiger partial charge on any atom is -0.338 e. The van der Waals surface area contributed by atoms with Gasteiger partial charge in [0.1, 0.15) is 11.9 Å². The summed E-state index contributed by atoms with van der Waals surface area (Å²) in [5.74, 6) is 0.543. The highest BCUT2D eigenvalue weighted by molar-refractivity contribution is 5.99. The summed E-state index contributed by atoms with van der Waals surface area (Å²) >= 11 is 0. The average Bonchev–Trinajstić information content (AvgIpc) is 3.40. The van der Waals surface area contributed by atoms with Gasteiger partial charge in [-0.3, -0.25) is 9.78 Å². The predicted octanol–water partition coefficient (Wildman–Crippen LogP) is 3.34. The van der Waals surface area contributed by atoms with Crippen molar-refractivity contribution in [2.75, 3.05) is 0 Å².